The Hall–Kier alpha value is -2.53. The number of amides is 1. The van der Waals surface area contributed by atoms with E-state index >= 15 is 0 Å². The summed E-state index contributed by atoms with van der Waals surface area (Å²) in [6, 6.07) is 15.9. The lowest BCUT2D eigenvalue weighted by atomic mass is 9.99. The predicted molar refractivity (Wildman–Crippen MR) is 109 cm³/mol. The van der Waals surface area contributed by atoms with Gasteiger partial charge in [0.25, 0.3) is 5.91 Å². The van der Waals surface area contributed by atoms with Crippen molar-refractivity contribution in [1.82, 2.24) is 0 Å². The van der Waals surface area contributed by atoms with Crippen LogP contribution in [0.4, 0.5) is 11.4 Å². The molecule has 144 valence electrons. The third kappa shape index (κ3) is 5.47. The van der Waals surface area contributed by atoms with E-state index in [1.165, 1.54) is 5.56 Å². The highest BCUT2D eigenvalue weighted by molar-refractivity contribution is 5.92. The summed E-state index contributed by atoms with van der Waals surface area (Å²) >= 11 is 0. The maximum Gasteiger partial charge on any atom is 0.262 e. The summed E-state index contributed by atoms with van der Waals surface area (Å²) in [7, 11) is 0. The van der Waals surface area contributed by atoms with Crippen LogP contribution in [0.3, 0.4) is 0 Å². The van der Waals surface area contributed by atoms with Crippen molar-refractivity contribution in [3.8, 4) is 5.75 Å². The molecule has 0 bridgehead atoms. The standard InChI is InChI=1S/C22H28N2O3/c1-3-17(2)18-4-10-21(11-5-18)27-16-22(25)23-19-6-8-20(9-7-19)24-12-14-26-15-13-24/h4-11,17H,3,12-16H2,1-2H3,(H,23,25). The summed E-state index contributed by atoms with van der Waals surface area (Å²) in [6.45, 7) is 7.68. The first-order chi connectivity index (χ1) is 13.2. The second-order valence-corrected chi connectivity index (χ2v) is 6.86. The summed E-state index contributed by atoms with van der Waals surface area (Å²) in [5.41, 5.74) is 3.20. The van der Waals surface area contributed by atoms with E-state index in [1.54, 1.807) is 0 Å². The predicted octanol–water partition coefficient (Wildman–Crippen LogP) is 4.05. The van der Waals surface area contributed by atoms with E-state index in [2.05, 4.69) is 36.2 Å². The average Bonchev–Trinajstić information content (AvgIpc) is 2.73. The Balaban J connectivity index is 1.47. The van der Waals surface area contributed by atoms with Gasteiger partial charge in [-0.2, -0.15) is 0 Å². The maximum atomic E-state index is 12.1. The van der Waals surface area contributed by atoms with Crippen molar-refractivity contribution >= 4 is 17.3 Å². The molecule has 1 N–H and O–H groups in total. The second kappa shape index (κ2) is 9.42. The minimum Gasteiger partial charge on any atom is -0.484 e. The molecule has 5 nitrogen and oxygen atoms in total. The summed E-state index contributed by atoms with van der Waals surface area (Å²) in [4.78, 5) is 14.4. The van der Waals surface area contributed by atoms with Gasteiger partial charge < -0.3 is 19.7 Å². The van der Waals surface area contributed by atoms with Crippen LogP contribution in [0.1, 0.15) is 31.7 Å². The van der Waals surface area contributed by atoms with Crippen LogP contribution in [0.15, 0.2) is 48.5 Å². The van der Waals surface area contributed by atoms with Gasteiger partial charge in [0.15, 0.2) is 6.61 Å². The Morgan fingerprint density at radius 3 is 2.41 bits per heavy atom. The van der Waals surface area contributed by atoms with Crippen LogP contribution in [0.5, 0.6) is 5.75 Å². The minimum atomic E-state index is -0.167. The zero-order valence-electron chi connectivity index (χ0n) is 16.1. The van der Waals surface area contributed by atoms with Gasteiger partial charge in [-0.15, -0.1) is 0 Å². The van der Waals surface area contributed by atoms with Gasteiger partial charge in [0.05, 0.1) is 13.2 Å². The topological polar surface area (TPSA) is 50.8 Å². The molecule has 1 fully saturated rings. The highest BCUT2D eigenvalue weighted by Gasteiger charge is 2.11. The molecule has 1 aliphatic heterocycles. The molecule has 2 aromatic carbocycles. The first-order valence-corrected chi connectivity index (χ1v) is 9.61. The zero-order chi connectivity index (χ0) is 19.1. The van der Waals surface area contributed by atoms with Gasteiger partial charge in [-0.05, 0) is 54.3 Å². The molecular formula is C22H28N2O3. The highest BCUT2D eigenvalue weighted by atomic mass is 16.5. The highest BCUT2D eigenvalue weighted by Crippen LogP contribution is 2.22. The number of nitrogens with one attached hydrogen (secondary N) is 1. The molecule has 0 aliphatic carbocycles. The van der Waals surface area contributed by atoms with Gasteiger partial charge in [0.2, 0.25) is 0 Å². The van der Waals surface area contributed by atoms with Gasteiger partial charge >= 0.3 is 0 Å². The SMILES string of the molecule is CCC(C)c1ccc(OCC(=O)Nc2ccc(N3CCOCC3)cc2)cc1. The van der Waals surface area contributed by atoms with Gasteiger partial charge in [-0.3, -0.25) is 4.79 Å². The molecule has 5 heteroatoms. The number of hydrogen-bond acceptors (Lipinski definition) is 4. The Bertz CT molecular complexity index is 722. The zero-order valence-corrected chi connectivity index (χ0v) is 16.1. The first kappa shape index (κ1) is 19.2. The molecular weight excluding hydrogens is 340 g/mol. The number of nitrogens with zero attached hydrogens (tertiary/aromatic N) is 1. The van der Waals surface area contributed by atoms with E-state index in [4.69, 9.17) is 9.47 Å². The number of anilines is 2. The molecule has 2 aromatic rings. The van der Waals surface area contributed by atoms with Crippen LogP contribution in [0.2, 0.25) is 0 Å². The fraction of sp³-hybridized carbons (Fsp3) is 0.409. The monoisotopic (exact) mass is 368 g/mol. The lowest BCUT2D eigenvalue weighted by Crippen LogP contribution is -2.36. The molecule has 0 radical (unpaired) electrons. The molecule has 1 amide bonds. The van der Waals surface area contributed by atoms with Crippen LogP contribution in [0, 0.1) is 0 Å². The largest absolute Gasteiger partial charge is 0.484 e. The number of carbonyl (C=O) groups excluding carboxylic acids is 1. The van der Waals surface area contributed by atoms with E-state index < -0.39 is 0 Å². The van der Waals surface area contributed by atoms with Gasteiger partial charge in [-0.25, -0.2) is 0 Å². The number of rotatable bonds is 7. The number of hydrogen-bond donors (Lipinski definition) is 1. The van der Waals surface area contributed by atoms with Crippen molar-refractivity contribution in [3.63, 3.8) is 0 Å². The van der Waals surface area contributed by atoms with Gasteiger partial charge in [-0.1, -0.05) is 26.0 Å². The quantitative estimate of drug-likeness (QED) is 0.801. The number of morpholine rings is 1. The molecule has 27 heavy (non-hydrogen) atoms. The van der Waals surface area contributed by atoms with Gasteiger partial charge in [0.1, 0.15) is 5.75 Å². The van der Waals surface area contributed by atoms with Crippen LogP contribution >= 0.6 is 0 Å². The van der Waals surface area contributed by atoms with Gasteiger partial charge in [0, 0.05) is 24.5 Å². The van der Waals surface area contributed by atoms with Crippen molar-refractivity contribution in [2.75, 3.05) is 43.1 Å². The number of carbonyl (C=O) groups is 1. The van der Waals surface area contributed by atoms with Crippen molar-refractivity contribution < 1.29 is 14.3 Å². The summed E-state index contributed by atoms with van der Waals surface area (Å²) in [6.07, 6.45) is 1.10. The smallest absolute Gasteiger partial charge is 0.262 e. The van der Waals surface area contributed by atoms with Crippen molar-refractivity contribution in [2.24, 2.45) is 0 Å². The Morgan fingerprint density at radius 1 is 1.11 bits per heavy atom. The fourth-order valence-corrected chi connectivity index (χ4v) is 3.05. The van der Waals surface area contributed by atoms with E-state index in [1.807, 2.05) is 36.4 Å². The van der Waals surface area contributed by atoms with E-state index in [9.17, 15) is 4.79 Å². The van der Waals surface area contributed by atoms with E-state index in [0.29, 0.717) is 11.7 Å². The third-order valence-electron chi connectivity index (χ3n) is 4.96. The summed E-state index contributed by atoms with van der Waals surface area (Å²) in [5.74, 6) is 1.07. The number of ether oxygens (including phenoxy) is 2. The van der Waals surface area contributed by atoms with E-state index in [-0.39, 0.29) is 12.5 Å². The molecule has 0 saturated carbocycles. The van der Waals surface area contributed by atoms with Crippen LogP contribution < -0.4 is 15.0 Å². The van der Waals surface area contributed by atoms with Crippen molar-refractivity contribution in [1.29, 1.82) is 0 Å². The maximum absolute atomic E-state index is 12.1. The molecule has 3 rings (SSSR count). The lowest BCUT2D eigenvalue weighted by Gasteiger charge is -2.28. The van der Waals surface area contributed by atoms with Crippen LogP contribution in [-0.2, 0) is 9.53 Å². The summed E-state index contributed by atoms with van der Waals surface area (Å²) in [5, 5.41) is 2.87. The van der Waals surface area contributed by atoms with Crippen molar-refractivity contribution in [3.05, 3.63) is 54.1 Å². The van der Waals surface area contributed by atoms with Crippen molar-refractivity contribution in [2.45, 2.75) is 26.2 Å². The fourth-order valence-electron chi connectivity index (χ4n) is 3.05. The van der Waals surface area contributed by atoms with Crippen LogP contribution in [0.25, 0.3) is 0 Å². The molecule has 1 atom stereocenters. The molecule has 1 heterocycles. The molecule has 0 spiro atoms. The normalized spacial score (nSPS) is 15.3. The molecule has 1 saturated heterocycles. The van der Waals surface area contributed by atoms with E-state index in [0.717, 1.165) is 44.1 Å². The minimum absolute atomic E-state index is 0.00606. The molecule has 1 unspecified atom stereocenters. The Morgan fingerprint density at radius 2 is 1.78 bits per heavy atom. The van der Waals surface area contributed by atoms with Crippen LogP contribution in [-0.4, -0.2) is 38.8 Å². The molecule has 0 aromatic heterocycles. The first-order valence-electron chi connectivity index (χ1n) is 9.61. The summed E-state index contributed by atoms with van der Waals surface area (Å²) < 4.78 is 11.0. The lowest BCUT2D eigenvalue weighted by molar-refractivity contribution is -0.118. The average molecular weight is 368 g/mol. The Labute approximate surface area is 161 Å². The Kier molecular flexibility index (Phi) is 6.71. The third-order valence-corrected chi connectivity index (χ3v) is 4.96. The molecule has 1 aliphatic rings. The number of benzene rings is 2. The second-order valence-electron chi connectivity index (χ2n) is 6.86.